The second-order valence-electron chi connectivity index (χ2n) is 2.59. The monoisotopic (exact) mass is 172 g/mol. The van der Waals surface area contributed by atoms with Crippen molar-refractivity contribution in [2.75, 3.05) is 20.3 Å². The third-order valence-corrected chi connectivity index (χ3v) is 1.36. The minimum absolute atomic E-state index is 0.347. The zero-order chi connectivity index (χ0) is 9.40. The maximum Gasteiger partial charge on any atom is 0.332 e. The Morgan fingerprint density at radius 3 is 2.00 bits per heavy atom. The molecule has 0 radical (unpaired) electrons. The van der Waals surface area contributed by atoms with Gasteiger partial charge in [-0.25, -0.2) is 4.79 Å². The number of hydrogen-bond acceptors (Lipinski definition) is 3. The minimum Gasteiger partial charge on any atom is -0.466 e. The van der Waals surface area contributed by atoms with Crippen molar-refractivity contribution in [2.24, 2.45) is 0 Å². The van der Waals surface area contributed by atoms with Gasteiger partial charge >= 0.3 is 5.97 Å². The summed E-state index contributed by atoms with van der Waals surface area (Å²) in [6.07, 6.45) is 2.56. The highest BCUT2D eigenvalue weighted by Gasteiger charge is 1.95. The van der Waals surface area contributed by atoms with Crippen LogP contribution < -0.4 is 0 Å². The highest BCUT2D eigenvalue weighted by atomic mass is 16.5. The van der Waals surface area contributed by atoms with Gasteiger partial charge in [0.05, 0.1) is 7.11 Å². The third-order valence-electron chi connectivity index (χ3n) is 1.36. The predicted molar refractivity (Wildman–Crippen MR) is 46.9 cm³/mol. The van der Waals surface area contributed by atoms with Gasteiger partial charge in [0.2, 0.25) is 0 Å². The Kier molecular flexibility index (Phi) is 6.38. The largest absolute Gasteiger partial charge is 0.466 e. The number of carbonyl (C=O) groups is 1. The summed E-state index contributed by atoms with van der Waals surface area (Å²) < 4.78 is 9.22. The van der Waals surface area contributed by atoms with E-state index in [4.69, 9.17) is 4.74 Å². The fourth-order valence-electron chi connectivity index (χ4n) is 0.685. The van der Waals surface area contributed by atoms with Crippen LogP contribution >= 0.6 is 0 Å². The molecular formula is C9H16O3. The van der Waals surface area contributed by atoms with Crippen molar-refractivity contribution in [3.63, 3.8) is 0 Å². The second-order valence-corrected chi connectivity index (χ2v) is 2.59. The molecule has 1 aliphatic rings. The summed E-state index contributed by atoms with van der Waals surface area (Å²) >= 11 is 0. The Bertz CT molecular complexity index is 140. The lowest BCUT2D eigenvalue weighted by Crippen LogP contribution is -1.98. The SMILES string of the molecule is C1CCOC1.C=C(C)C(=O)OC. The Morgan fingerprint density at radius 2 is 1.92 bits per heavy atom. The Labute approximate surface area is 73.4 Å². The van der Waals surface area contributed by atoms with Gasteiger partial charge in [-0.15, -0.1) is 0 Å². The van der Waals surface area contributed by atoms with Crippen LogP contribution in [-0.2, 0) is 14.3 Å². The van der Waals surface area contributed by atoms with E-state index in [1.807, 2.05) is 0 Å². The van der Waals surface area contributed by atoms with Crippen LogP contribution in [0.1, 0.15) is 19.8 Å². The van der Waals surface area contributed by atoms with Gasteiger partial charge < -0.3 is 9.47 Å². The van der Waals surface area contributed by atoms with Crippen molar-refractivity contribution < 1.29 is 14.3 Å². The normalized spacial score (nSPS) is 14.5. The number of methoxy groups -OCH3 is 1. The highest BCUT2D eigenvalue weighted by Crippen LogP contribution is 1.98. The van der Waals surface area contributed by atoms with Gasteiger partial charge in [-0.3, -0.25) is 0 Å². The molecule has 0 aromatic rings. The molecule has 3 heteroatoms. The molecule has 0 N–H and O–H groups in total. The predicted octanol–water partition coefficient (Wildman–Crippen LogP) is 1.53. The molecule has 1 rings (SSSR count). The van der Waals surface area contributed by atoms with E-state index in [0.29, 0.717) is 5.57 Å². The lowest BCUT2D eigenvalue weighted by atomic mass is 10.4. The molecule has 0 aromatic carbocycles. The first-order valence-electron chi connectivity index (χ1n) is 4.00. The van der Waals surface area contributed by atoms with Gasteiger partial charge in [0.15, 0.2) is 0 Å². The fourth-order valence-corrected chi connectivity index (χ4v) is 0.685. The number of ether oxygens (including phenoxy) is 2. The summed E-state index contributed by atoms with van der Waals surface area (Å²) in [6, 6.07) is 0. The molecule has 3 nitrogen and oxygen atoms in total. The first-order chi connectivity index (χ1) is 5.68. The highest BCUT2D eigenvalue weighted by molar-refractivity contribution is 5.86. The minimum atomic E-state index is -0.347. The summed E-state index contributed by atoms with van der Waals surface area (Å²) in [5, 5.41) is 0. The van der Waals surface area contributed by atoms with Crippen LogP contribution in [0.5, 0.6) is 0 Å². The standard InChI is InChI=1S/C5H8O2.C4H8O/c1-4(2)5(6)7-3;1-2-4-5-3-1/h1H2,2-3H3;1-4H2. The average Bonchev–Trinajstić information content (AvgIpc) is 2.59. The molecule has 70 valence electrons. The van der Waals surface area contributed by atoms with Crippen molar-refractivity contribution in [3.8, 4) is 0 Å². The molecule has 0 bridgehead atoms. The van der Waals surface area contributed by atoms with Gasteiger partial charge in [-0.1, -0.05) is 6.58 Å². The van der Waals surface area contributed by atoms with Gasteiger partial charge in [-0.2, -0.15) is 0 Å². The number of rotatable bonds is 1. The Balaban J connectivity index is 0.000000211. The topological polar surface area (TPSA) is 35.5 Å². The molecule has 0 amide bonds. The Morgan fingerprint density at radius 1 is 1.42 bits per heavy atom. The fraction of sp³-hybridized carbons (Fsp3) is 0.667. The van der Waals surface area contributed by atoms with E-state index in [0.717, 1.165) is 13.2 Å². The Hall–Kier alpha value is -0.830. The van der Waals surface area contributed by atoms with Crippen LogP contribution in [0.15, 0.2) is 12.2 Å². The summed E-state index contributed by atoms with van der Waals surface area (Å²) in [7, 11) is 1.33. The lowest BCUT2D eigenvalue weighted by molar-refractivity contribution is -0.136. The first kappa shape index (κ1) is 11.2. The molecule has 1 aliphatic heterocycles. The van der Waals surface area contributed by atoms with Crippen LogP contribution in [0.25, 0.3) is 0 Å². The van der Waals surface area contributed by atoms with E-state index in [1.165, 1.54) is 20.0 Å². The molecule has 0 aliphatic carbocycles. The molecule has 12 heavy (non-hydrogen) atoms. The number of hydrogen-bond donors (Lipinski definition) is 0. The molecule has 1 heterocycles. The van der Waals surface area contributed by atoms with Crippen molar-refractivity contribution in [1.29, 1.82) is 0 Å². The zero-order valence-electron chi connectivity index (χ0n) is 7.76. The van der Waals surface area contributed by atoms with E-state index < -0.39 is 0 Å². The maximum atomic E-state index is 10.2. The van der Waals surface area contributed by atoms with Crippen LogP contribution in [0.3, 0.4) is 0 Å². The maximum absolute atomic E-state index is 10.2. The van der Waals surface area contributed by atoms with Crippen molar-refractivity contribution in [2.45, 2.75) is 19.8 Å². The van der Waals surface area contributed by atoms with Gasteiger partial charge in [0, 0.05) is 18.8 Å². The molecule has 0 atom stereocenters. The van der Waals surface area contributed by atoms with Gasteiger partial charge in [-0.05, 0) is 19.8 Å². The summed E-state index contributed by atoms with van der Waals surface area (Å²) in [5.41, 5.74) is 0.433. The average molecular weight is 172 g/mol. The van der Waals surface area contributed by atoms with E-state index in [1.54, 1.807) is 6.92 Å². The van der Waals surface area contributed by atoms with Crippen LogP contribution in [0.2, 0.25) is 0 Å². The van der Waals surface area contributed by atoms with Gasteiger partial charge in [0.25, 0.3) is 0 Å². The van der Waals surface area contributed by atoms with Crippen molar-refractivity contribution in [3.05, 3.63) is 12.2 Å². The molecule has 0 spiro atoms. The first-order valence-corrected chi connectivity index (χ1v) is 4.00. The van der Waals surface area contributed by atoms with Crippen molar-refractivity contribution in [1.82, 2.24) is 0 Å². The van der Waals surface area contributed by atoms with Crippen LogP contribution in [-0.4, -0.2) is 26.3 Å². The lowest BCUT2D eigenvalue weighted by Gasteiger charge is -1.91. The smallest absolute Gasteiger partial charge is 0.332 e. The second kappa shape index (κ2) is 6.85. The van der Waals surface area contributed by atoms with Crippen LogP contribution in [0.4, 0.5) is 0 Å². The van der Waals surface area contributed by atoms with E-state index >= 15 is 0 Å². The molecule has 1 fully saturated rings. The third kappa shape index (κ3) is 5.92. The van der Waals surface area contributed by atoms with Gasteiger partial charge in [0.1, 0.15) is 0 Å². The van der Waals surface area contributed by atoms with Crippen LogP contribution in [0, 0.1) is 0 Å². The number of esters is 1. The molecular weight excluding hydrogens is 156 g/mol. The zero-order valence-corrected chi connectivity index (χ0v) is 7.76. The molecule has 0 saturated carbocycles. The van der Waals surface area contributed by atoms with E-state index in [2.05, 4.69) is 11.3 Å². The summed E-state index contributed by atoms with van der Waals surface area (Å²) in [6.45, 7) is 6.95. The number of carbonyl (C=O) groups excluding carboxylic acids is 1. The molecule has 1 saturated heterocycles. The molecule has 0 aromatic heterocycles. The summed E-state index contributed by atoms with van der Waals surface area (Å²) in [5.74, 6) is -0.347. The van der Waals surface area contributed by atoms with Crippen molar-refractivity contribution >= 4 is 5.97 Å². The summed E-state index contributed by atoms with van der Waals surface area (Å²) in [4.78, 5) is 10.2. The quantitative estimate of drug-likeness (QED) is 0.444. The van der Waals surface area contributed by atoms with E-state index in [-0.39, 0.29) is 5.97 Å². The molecule has 0 unspecified atom stereocenters. The van der Waals surface area contributed by atoms with E-state index in [9.17, 15) is 4.79 Å².